The van der Waals surface area contributed by atoms with E-state index >= 15 is 0 Å². The molecule has 5 nitrogen and oxygen atoms in total. The molecule has 1 aromatic heterocycles. The molecule has 1 N–H and O–H groups in total. The Morgan fingerprint density at radius 3 is 2.44 bits per heavy atom. The maximum absolute atomic E-state index is 13.2. The summed E-state index contributed by atoms with van der Waals surface area (Å²) in [6, 6.07) is 15.9. The number of para-hydroxylation sites is 1. The molecular formula is C21H25FN4O. The average molecular weight is 368 g/mol. The molecule has 0 saturated carbocycles. The van der Waals surface area contributed by atoms with Gasteiger partial charge in [0.1, 0.15) is 11.6 Å². The summed E-state index contributed by atoms with van der Waals surface area (Å²) in [4.78, 5) is 2.13. The normalized spacial score (nSPS) is 11.1. The van der Waals surface area contributed by atoms with Crippen molar-refractivity contribution in [2.24, 2.45) is 0 Å². The quantitative estimate of drug-likeness (QED) is 0.615. The number of nitrogens with zero attached hydrogens (tertiary/aromatic N) is 3. The van der Waals surface area contributed by atoms with Gasteiger partial charge in [-0.25, -0.2) is 9.07 Å². The van der Waals surface area contributed by atoms with Gasteiger partial charge < -0.3 is 15.0 Å². The molecule has 0 aliphatic heterocycles. The van der Waals surface area contributed by atoms with Gasteiger partial charge in [0, 0.05) is 19.6 Å². The Balaban J connectivity index is 1.91. The fourth-order valence-electron chi connectivity index (χ4n) is 2.72. The Morgan fingerprint density at radius 2 is 1.78 bits per heavy atom. The van der Waals surface area contributed by atoms with Crippen molar-refractivity contribution < 1.29 is 9.13 Å². The number of hydrogen-bond acceptors (Lipinski definition) is 4. The minimum Gasteiger partial charge on any atom is -0.439 e. The van der Waals surface area contributed by atoms with Crippen LogP contribution in [0.2, 0.25) is 0 Å². The zero-order valence-electron chi connectivity index (χ0n) is 15.9. The third-order valence-electron chi connectivity index (χ3n) is 4.20. The summed E-state index contributed by atoms with van der Waals surface area (Å²) in [5.41, 5.74) is 2.80. The van der Waals surface area contributed by atoms with Gasteiger partial charge in [0.05, 0.1) is 16.9 Å². The Bertz CT molecular complexity index is 860. The second-order valence-corrected chi connectivity index (χ2v) is 6.65. The number of rotatable bonds is 8. The van der Waals surface area contributed by atoms with E-state index in [1.807, 2.05) is 51.4 Å². The number of ether oxygens (including phenoxy) is 1. The highest BCUT2D eigenvalue weighted by atomic mass is 19.1. The highest BCUT2D eigenvalue weighted by Gasteiger charge is 2.18. The van der Waals surface area contributed by atoms with E-state index in [2.05, 4.69) is 15.3 Å². The summed E-state index contributed by atoms with van der Waals surface area (Å²) in [7, 11) is 4.09. The van der Waals surface area contributed by atoms with Crippen molar-refractivity contribution in [3.63, 3.8) is 0 Å². The van der Waals surface area contributed by atoms with E-state index in [9.17, 15) is 4.39 Å². The van der Waals surface area contributed by atoms with Gasteiger partial charge in [-0.05, 0) is 57.4 Å². The topological polar surface area (TPSA) is 42.3 Å². The average Bonchev–Trinajstić information content (AvgIpc) is 2.97. The van der Waals surface area contributed by atoms with Crippen molar-refractivity contribution in [3.8, 4) is 17.3 Å². The zero-order chi connectivity index (χ0) is 19.2. The van der Waals surface area contributed by atoms with Crippen molar-refractivity contribution >= 4 is 0 Å². The Kier molecular flexibility index (Phi) is 6.21. The van der Waals surface area contributed by atoms with Gasteiger partial charge in [-0.2, -0.15) is 5.10 Å². The van der Waals surface area contributed by atoms with E-state index in [0.717, 1.165) is 30.0 Å². The summed E-state index contributed by atoms with van der Waals surface area (Å²) in [6.07, 6.45) is 0. The lowest BCUT2D eigenvalue weighted by Crippen LogP contribution is -2.26. The third-order valence-corrected chi connectivity index (χ3v) is 4.20. The van der Waals surface area contributed by atoms with Gasteiger partial charge in [0.25, 0.3) is 0 Å². The molecule has 1 heterocycles. The molecule has 0 aliphatic carbocycles. The van der Waals surface area contributed by atoms with Crippen molar-refractivity contribution in [1.29, 1.82) is 0 Å². The monoisotopic (exact) mass is 368 g/mol. The van der Waals surface area contributed by atoms with Gasteiger partial charge >= 0.3 is 0 Å². The van der Waals surface area contributed by atoms with Crippen LogP contribution in [0.3, 0.4) is 0 Å². The Morgan fingerprint density at radius 1 is 1.07 bits per heavy atom. The molecule has 0 bridgehead atoms. The minimum absolute atomic E-state index is 0.291. The van der Waals surface area contributed by atoms with Crippen LogP contribution in [-0.2, 0) is 6.54 Å². The molecular weight excluding hydrogens is 343 g/mol. The highest BCUT2D eigenvalue weighted by molar-refractivity contribution is 5.43. The van der Waals surface area contributed by atoms with E-state index in [-0.39, 0.29) is 5.82 Å². The van der Waals surface area contributed by atoms with Crippen molar-refractivity contribution in [1.82, 2.24) is 20.0 Å². The third kappa shape index (κ3) is 4.93. The van der Waals surface area contributed by atoms with Crippen LogP contribution >= 0.6 is 0 Å². The first-order chi connectivity index (χ1) is 13.0. The summed E-state index contributed by atoms with van der Waals surface area (Å²) >= 11 is 0. The van der Waals surface area contributed by atoms with Gasteiger partial charge in [-0.1, -0.05) is 18.2 Å². The summed E-state index contributed by atoms with van der Waals surface area (Å²) in [6.45, 7) is 4.42. The first-order valence-corrected chi connectivity index (χ1v) is 8.97. The van der Waals surface area contributed by atoms with Gasteiger partial charge in [-0.15, -0.1) is 0 Å². The van der Waals surface area contributed by atoms with E-state index in [4.69, 9.17) is 4.74 Å². The predicted molar refractivity (Wildman–Crippen MR) is 105 cm³/mol. The van der Waals surface area contributed by atoms with Crippen LogP contribution in [0.15, 0.2) is 54.6 Å². The molecule has 6 heteroatoms. The Hall–Kier alpha value is -2.70. The number of aryl methyl sites for hydroxylation is 1. The zero-order valence-corrected chi connectivity index (χ0v) is 15.9. The van der Waals surface area contributed by atoms with E-state index in [0.29, 0.717) is 18.2 Å². The van der Waals surface area contributed by atoms with Crippen LogP contribution in [-0.4, -0.2) is 41.9 Å². The van der Waals surface area contributed by atoms with Gasteiger partial charge in [-0.3, -0.25) is 0 Å². The number of benzene rings is 2. The standard InChI is InChI=1S/C21H25FN4O/c1-16-20(15-23-13-14-25(2)3)21(27-19-11-9-17(22)10-12-19)26(24-16)18-7-5-4-6-8-18/h4-12,23H,13-15H2,1-3H3. The lowest BCUT2D eigenvalue weighted by atomic mass is 10.2. The molecule has 0 aliphatic rings. The maximum atomic E-state index is 13.2. The first kappa shape index (κ1) is 19.1. The molecule has 0 atom stereocenters. The largest absolute Gasteiger partial charge is 0.439 e. The number of likely N-dealkylation sites (N-methyl/N-ethyl adjacent to an activating group) is 1. The lowest BCUT2D eigenvalue weighted by molar-refractivity contribution is 0.397. The second kappa shape index (κ2) is 8.79. The molecule has 142 valence electrons. The van der Waals surface area contributed by atoms with Crippen LogP contribution in [0.4, 0.5) is 4.39 Å². The molecule has 27 heavy (non-hydrogen) atoms. The molecule has 0 spiro atoms. The molecule has 0 radical (unpaired) electrons. The highest BCUT2D eigenvalue weighted by Crippen LogP contribution is 2.30. The van der Waals surface area contributed by atoms with Crippen LogP contribution in [0.5, 0.6) is 11.6 Å². The fraction of sp³-hybridized carbons (Fsp3) is 0.286. The minimum atomic E-state index is -0.291. The first-order valence-electron chi connectivity index (χ1n) is 8.97. The second-order valence-electron chi connectivity index (χ2n) is 6.65. The smallest absolute Gasteiger partial charge is 0.227 e. The van der Waals surface area contributed by atoms with Crippen molar-refractivity contribution in [2.75, 3.05) is 27.2 Å². The van der Waals surface area contributed by atoms with Crippen LogP contribution in [0.25, 0.3) is 5.69 Å². The molecule has 3 aromatic rings. The number of aromatic nitrogens is 2. The molecule has 0 amide bonds. The number of halogens is 1. The fourth-order valence-corrected chi connectivity index (χ4v) is 2.72. The molecule has 0 fully saturated rings. The lowest BCUT2D eigenvalue weighted by Gasteiger charge is -2.13. The van der Waals surface area contributed by atoms with Crippen molar-refractivity contribution in [3.05, 3.63) is 71.7 Å². The van der Waals surface area contributed by atoms with Crippen LogP contribution in [0, 0.1) is 12.7 Å². The predicted octanol–water partition coefficient (Wildman–Crippen LogP) is 3.76. The van der Waals surface area contributed by atoms with E-state index in [1.54, 1.807) is 16.8 Å². The summed E-state index contributed by atoms with van der Waals surface area (Å²) in [5.74, 6) is 0.923. The summed E-state index contributed by atoms with van der Waals surface area (Å²) in [5, 5.41) is 8.11. The molecule has 2 aromatic carbocycles. The summed E-state index contributed by atoms with van der Waals surface area (Å²) < 4.78 is 21.2. The van der Waals surface area contributed by atoms with Crippen LogP contribution in [0.1, 0.15) is 11.3 Å². The maximum Gasteiger partial charge on any atom is 0.227 e. The molecule has 0 unspecified atom stereocenters. The number of hydrogen-bond donors (Lipinski definition) is 1. The van der Waals surface area contributed by atoms with Gasteiger partial charge in [0.2, 0.25) is 5.88 Å². The SMILES string of the molecule is Cc1nn(-c2ccccc2)c(Oc2ccc(F)cc2)c1CNCCN(C)C. The van der Waals surface area contributed by atoms with Crippen LogP contribution < -0.4 is 10.1 Å². The van der Waals surface area contributed by atoms with Crippen molar-refractivity contribution in [2.45, 2.75) is 13.5 Å². The molecule has 0 saturated heterocycles. The van der Waals surface area contributed by atoms with E-state index in [1.165, 1.54) is 12.1 Å². The van der Waals surface area contributed by atoms with E-state index < -0.39 is 0 Å². The number of nitrogens with one attached hydrogen (secondary N) is 1. The Labute approximate surface area is 159 Å². The molecule has 3 rings (SSSR count). The van der Waals surface area contributed by atoms with Gasteiger partial charge in [0.15, 0.2) is 0 Å².